The summed E-state index contributed by atoms with van der Waals surface area (Å²) in [5.74, 6) is 7.39. The molecule has 0 radical (unpaired) electrons. The summed E-state index contributed by atoms with van der Waals surface area (Å²) in [7, 11) is 4.40. The van der Waals surface area contributed by atoms with Crippen LogP contribution in [0.5, 0.6) is 0 Å². The summed E-state index contributed by atoms with van der Waals surface area (Å²) in [6, 6.07) is 19.1. The number of fused-ring (bicyclic) bond motifs is 1. The molecule has 5 rings (SSSR count). The maximum absolute atomic E-state index is 13.2. The number of ketones is 1. The Morgan fingerprint density at radius 1 is 0.974 bits per heavy atom. The zero-order valence-electron chi connectivity index (χ0n) is 23.0. The molecule has 4 nitrogen and oxygen atoms in total. The van der Waals surface area contributed by atoms with Gasteiger partial charge >= 0.3 is 0 Å². The monoisotopic (exact) mass is 503 g/mol. The van der Waals surface area contributed by atoms with Crippen molar-refractivity contribution in [1.82, 2.24) is 14.3 Å². The molecule has 2 aromatic carbocycles. The molecule has 0 amide bonds. The molecule has 0 N–H and O–H groups in total. The number of pyridine rings is 1. The van der Waals surface area contributed by atoms with E-state index in [1.165, 1.54) is 36.8 Å². The van der Waals surface area contributed by atoms with Gasteiger partial charge < -0.3 is 4.90 Å². The van der Waals surface area contributed by atoms with E-state index < -0.39 is 0 Å². The average molecular weight is 504 g/mol. The number of rotatable bonds is 6. The predicted molar refractivity (Wildman–Crippen MR) is 155 cm³/mol. The Morgan fingerprint density at radius 2 is 1.79 bits per heavy atom. The zero-order valence-corrected chi connectivity index (χ0v) is 23.0. The fourth-order valence-electron chi connectivity index (χ4n) is 5.65. The first-order valence-electron chi connectivity index (χ1n) is 13.7. The molecule has 0 bridgehead atoms. The van der Waals surface area contributed by atoms with Crippen LogP contribution in [-0.2, 0) is 12.8 Å². The van der Waals surface area contributed by atoms with Crippen molar-refractivity contribution < 1.29 is 4.79 Å². The Balaban J connectivity index is 1.25. The number of imidazole rings is 1. The fraction of sp³-hybridized carbons (Fsp3) is 0.353. The number of hydrogen-bond donors (Lipinski definition) is 0. The van der Waals surface area contributed by atoms with Crippen molar-refractivity contribution in [2.75, 3.05) is 14.1 Å². The van der Waals surface area contributed by atoms with Gasteiger partial charge in [-0.1, -0.05) is 42.3 Å². The molecule has 0 atom stereocenters. The van der Waals surface area contributed by atoms with E-state index in [-0.39, 0.29) is 5.78 Å². The summed E-state index contributed by atoms with van der Waals surface area (Å²) in [5, 5.41) is 0. The van der Waals surface area contributed by atoms with Crippen molar-refractivity contribution in [2.45, 2.75) is 58.4 Å². The van der Waals surface area contributed by atoms with Gasteiger partial charge in [0.2, 0.25) is 0 Å². The number of aryl methyl sites for hydroxylation is 2. The van der Waals surface area contributed by atoms with Crippen LogP contribution in [0.3, 0.4) is 0 Å². The van der Waals surface area contributed by atoms with Gasteiger partial charge in [-0.25, -0.2) is 4.98 Å². The molecule has 1 aliphatic carbocycles. The van der Waals surface area contributed by atoms with Gasteiger partial charge in [0.15, 0.2) is 5.78 Å². The molecule has 0 spiro atoms. The molecule has 2 heterocycles. The summed E-state index contributed by atoms with van der Waals surface area (Å²) in [5.41, 5.74) is 8.14. The summed E-state index contributed by atoms with van der Waals surface area (Å²) < 4.78 is 1.97. The third-order valence-electron chi connectivity index (χ3n) is 8.13. The van der Waals surface area contributed by atoms with Crippen molar-refractivity contribution in [2.24, 2.45) is 5.92 Å². The summed E-state index contributed by atoms with van der Waals surface area (Å²) in [4.78, 5) is 20.0. The minimum Gasteiger partial charge on any atom is -0.306 e. The number of Topliss-reactive ketones (excluding diaryl/α,β-unsaturated/α-hetero) is 1. The van der Waals surface area contributed by atoms with Crippen molar-refractivity contribution in [3.05, 3.63) is 106 Å². The molecule has 1 fully saturated rings. The lowest BCUT2D eigenvalue weighted by Gasteiger charge is -2.33. The van der Waals surface area contributed by atoms with Crippen molar-refractivity contribution in [3.63, 3.8) is 0 Å². The fourth-order valence-corrected chi connectivity index (χ4v) is 5.65. The van der Waals surface area contributed by atoms with Gasteiger partial charge in [-0.3, -0.25) is 9.20 Å². The molecule has 1 aliphatic rings. The van der Waals surface area contributed by atoms with Gasteiger partial charge in [0.05, 0.1) is 6.20 Å². The molecule has 0 saturated heterocycles. The second-order valence-corrected chi connectivity index (χ2v) is 11.1. The van der Waals surface area contributed by atoms with E-state index in [0.717, 1.165) is 46.4 Å². The highest BCUT2D eigenvalue weighted by Gasteiger charge is 2.23. The Labute approximate surface area is 226 Å². The van der Waals surface area contributed by atoms with Crippen LogP contribution < -0.4 is 0 Å². The van der Waals surface area contributed by atoms with Crippen molar-refractivity contribution in [1.29, 1.82) is 0 Å². The molecule has 194 valence electrons. The van der Waals surface area contributed by atoms with Crippen LogP contribution >= 0.6 is 0 Å². The van der Waals surface area contributed by atoms with E-state index in [1.807, 2.05) is 53.9 Å². The third-order valence-corrected chi connectivity index (χ3v) is 8.13. The van der Waals surface area contributed by atoms with Gasteiger partial charge in [-0.15, -0.1) is 0 Å². The molecular formula is C34H37N3O. The number of carbonyl (C=O) groups is 1. The Morgan fingerprint density at radius 3 is 2.55 bits per heavy atom. The number of hydrogen-bond acceptors (Lipinski definition) is 3. The molecule has 38 heavy (non-hydrogen) atoms. The van der Waals surface area contributed by atoms with Gasteiger partial charge in [0.1, 0.15) is 11.3 Å². The molecule has 1 saturated carbocycles. The van der Waals surface area contributed by atoms with Crippen LogP contribution in [0, 0.1) is 31.6 Å². The number of nitrogens with zero attached hydrogens (tertiary/aromatic N) is 3. The van der Waals surface area contributed by atoms with Crippen LogP contribution in [0.15, 0.2) is 67.0 Å². The van der Waals surface area contributed by atoms with Crippen LogP contribution in [0.2, 0.25) is 0 Å². The normalized spacial score (nSPS) is 17.4. The smallest absolute Gasteiger partial charge is 0.167 e. The lowest BCUT2D eigenvalue weighted by Crippen LogP contribution is -2.32. The number of benzene rings is 2. The predicted octanol–water partition coefficient (Wildman–Crippen LogP) is 6.44. The van der Waals surface area contributed by atoms with E-state index in [1.54, 1.807) is 6.20 Å². The van der Waals surface area contributed by atoms with Crippen LogP contribution in [-0.4, -0.2) is 40.2 Å². The first-order chi connectivity index (χ1) is 18.4. The Bertz CT molecular complexity index is 1510. The SMILES string of the molecule is Cc1ccc(C(=O)Cc2ccc(CC3CCC(N(C)C)CC3)c(C)c2)cc1C#Cc1cnc2ccccn12. The summed E-state index contributed by atoms with van der Waals surface area (Å²) in [6.45, 7) is 4.22. The molecule has 2 aromatic heterocycles. The maximum atomic E-state index is 13.2. The van der Waals surface area contributed by atoms with E-state index in [2.05, 4.69) is 60.9 Å². The standard InChI is InChI=1S/C34H37N3O/c1-24-8-12-30(22-29(24)14-17-32-23-35-34-7-5-6-18-37(32)34)33(38)21-27-9-13-28(25(2)19-27)20-26-10-15-31(16-11-26)36(3)4/h5-9,12-13,18-19,22-23,26,31H,10-11,15-16,20-21H2,1-4H3. The minimum atomic E-state index is 0.122. The second kappa shape index (κ2) is 11.4. The highest BCUT2D eigenvalue weighted by molar-refractivity contribution is 5.98. The largest absolute Gasteiger partial charge is 0.306 e. The second-order valence-electron chi connectivity index (χ2n) is 11.1. The highest BCUT2D eigenvalue weighted by atomic mass is 16.1. The van der Waals surface area contributed by atoms with Gasteiger partial charge in [0, 0.05) is 29.8 Å². The van der Waals surface area contributed by atoms with Crippen LogP contribution in [0.1, 0.15) is 69.6 Å². The average Bonchev–Trinajstić information content (AvgIpc) is 3.33. The Kier molecular flexibility index (Phi) is 7.77. The lowest BCUT2D eigenvalue weighted by molar-refractivity contribution is 0.0993. The Hall–Kier alpha value is -3.68. The van der Waals surface area contributed by atoms with Gasteiger partial charge in [-0.2, -0.15) is 0 Å². The van der Waals surface area contributed by atoms with Crippen molar-refractivity contribution >= 4 is 11.4 Å². The van der Waals surface area contributed by atoms with Crippen molar-refractivity contribution in [3.8, 4) is 11.8 Å². The van der Waals surface area contributed by atoms with Gasteiger partial charge in [0.25, 0.3) is 0 Å². The molecule has 4 aromatic rings. The molecule has 0 aliphatic heterocycles. The van der Waals surface area contributed by atoms with Crippen LogP contribution in [0.4, 0.5) is 0 Å². The summed E-state index contributed by atoms with van der Waals surface area (Å²) >= 11 is 0. The first kappa shape index (κ1) is 25.9. The van der Waals surface area contributed by atoms with Crippen LogP contribution in [0.25, 0.3) is 5.65 Å². The van der Waals surface area contributed by atoms with E-state index in [9.17, 15) is 4.79 Å². The minimum absolute atomic E-state index is 0.122. The van der Waals surface area contributed by atoms with Gasteiger partial charge in [-0.05, 0) is 112 Å². The summed E-state index contributed by atoms with van der Waals surface area (Å²) in [6.07, 6.45) is 10.5. The van der Waals surface area contributed by atoms with E-state index >= 15 is 0 Å². The first-order valence-corrected chi connectivity index (χ1v) is 13.7. The highest BCUT2D eigenvalue weighted by Crippen LogP contribution is 2.30. The maximum Gasteiger partial charge on any atom is 0.167 e. The molecule has 0 unspecified atom stereocenters. The van der Waals surface area contributed by atoms with E-state index in [4.69, 9.17) is 0 Å². The quantitative estimate of drug-likeness (QED) is 0.224. The third kappa shape index (κ3) is 5.90. The number of carbonyl (C=O) groups excluding carboxylic acids is 1. The lowest BCUT2D eigenvalue weighted by atomic mass is 9.81. The molecule has 4 heteroatoms. The number of aromatic nitrogens is 2. The zero-order chi connectivity index (χ0) is 26.6. The molecular weight excluding hydrogens is 466 g/mol. The topological polar surface area (TPSA) is 37.6 Å². The van der Waals surface area contributed by atoms with E-state index in [0.29, 0.717) is 12.0 Å².